The monoisotopic (exact) mass is 366 g/mol. The maximum Gasteiger partial charge on any atom is 0.305 e. The van der Waals surface area contributed by atoms with Gasteiger partial charge in [0.1, 0.15) is 0 Å². The van der Waals surface area contributed by atoms with Gasteiger partial charge in [-0.3, -0.25) is 9.59 Å². The van der Waals surface area contributed by atoms with Crippen LogP contribution in [0.2, 0.25) is 10.0 Å². The Labute approximate surface area is 139 Å². The Hall–Kier alpha value is -1.11. The van der Waals surface area contributed by atoms with Crippen molar-refractivity contribution in [1.29, 1.82) is 0 Å². The van der Waals surface area contributed by atoms with Gasteiger partial charge < -0.3 is 4.74 Å². The van der Waals surface area contributed by atoms with E-state index in [0.717, 1.165) is 13.2 Å². The van der Waals surface area contributed by atoms with Gasteiger partial charge in [-0.05, 0) is 31.0 Å². The molecule has 1 aromatic carbocycles. The van der Waals surface area contributed by atoms with Gasteiger partial charge in [0.15, 0.2) is 20.4 Å². The van der Waals surface area contributed by atoms with Crippen LogP contribution in [-0.4, -0.2) is 33.5 Å². The van der Waals surface area contributed by atoms with Crippen LogP contribution in [0.25, 0.3) is 0 Å². The standard InChI is InChI=1S/C14H16Cl2O5S/c1-9(17)14(22(3,19)20,7-6-13(18)21-2)11-5-4-10(15)8-12(11)16/h4-5,8H,6-7H2,1-3H3. The summed E-state index contributed by atoms with van der Waals surface area (Å²) in [7, 11) is -2.71. The lowest BCUT2D eigenvalue weighted by Crippen LogP contribution is -2.42. The maximum absolute atomic E-state index is 12.4. The number of carbonyl (C=O) groups excluding carboxylic acids is 2. The fraction of sp³-hybridized carbons (Fsp3) is 0.429. The molecule has 1 rings (SSSR count). The lowest BCUT2D eigenvalue weighted by molar-refractivity contribution is -0.140. The zero-order valence-corrected chi connectivity index (χ0v) is 14.7. The second-order valence-corrected chi connectivity index (χ2v) is 7.94. The summed E-state index contributed by atoms with van der Waals surface area (Å²) < 4.78 is 27.3. The second-order valence-electron chi connectivity index (χ2n) is 4.86. The third kappa shape index (κ3) is 3.62. The molecule has 0 N–H and O–H groups in total. The number of benzene rings is 1. The minimum absolute atomic E-state index is 0.0537. The minimum atomic E-state index is -3.90. The first-order valence-corrected chi connectivity index (χ1v) is 8.94. The van der Waals surface area contributed by atoms with Crippen molar-refractivity contribution in [1.82, 2.24) is 0 Å². The van der Waals surface area contributed by atoms with Crippen LogP contribution in [0, 0.1) is 0 Å². The largest absolute Gasteiger partial charge is 0.469 e. The normalized spacial score (nSPS) is 14.2. The quantitative estimate of drug-likeness (QED) is 0.723. The van der Waals surface area contributed by atoms with E-state index in [1.807, 2.05) is 0 Å². The van der Waals surface area contributed by atoms with E-state index in [2.05, 4.69) is 4.74 Å². The molecule has 5 nitrogen and oxygen atoms in total. The van der Waals surface area contributed by atoms with Crippen molar-refractivity contribution >= 4 is 44.8 Å². The molecule has 0 aliphatic heterocycles. The molecule has 22 heavy (non-hydrogen) atoms. The summed E-state index contributed by atoms with van der Waals surface area (Å²) >= 11 is 11.9. The van der Waals surface area contributed by atoms with E-state index in [1.165, 1.54) is 25.3 Å². The van der Waals surface area contributed by atoms with Gasteiger partial charge in [-0.2, -0.15) is 0 Å². The van der Waals surface area contributed by atoms with E-state index >= 15 is 0 Å². The van der Waals surface area contributed by atoms with Crippen molar-refractivity contribution in [2.45, 2.75) is 24.5 Å². The molecule has 0 amide bonds. The van der Waals surface area contributed by atoms with Gasteiger partial charge in [-0.15, -0.1) is 0 Å². The maximum atomic E-state index is 12.4. The number of carbonyl (C=O) groups is 2. The predicted octanol–water partition coefficient (Wildman–Crippen LogP) is 2.78. The van der Waals surface area contributed by atoms with E-state index in [1.54, 1.807) is 0 Å². The highest BCUT2D eigenvalue weighted by molar-refractivity contribution is 7.92. The molecule has 0 aromatic heterocycles. The van der Waals surface area contributed by atoms with Gasteiger partial charge in [0.25, 0.3) is 0 Å². The van der Waals surface area contributed by atoms with Crippen LogP contribution in [0.4, 0.5) is 0 Å². The van der Waals surface area contributed by atoms with Crippen molar-refractivity contribution in [3.05, 3.63) is 33.8 Å². The van der Waals surface area contributed by atoms with Crippen LogP contribution >= 0.6 is 23.2 Å². The first-order chi connectivity index (χ1) is 10.1. The Balaban J connectivity index is 3.56. The lowest BCUT2D eigenvalue weighted by atomic mass is 9.89. The second kappa shape index (κ2) is 6.98. The SMILES string of the molecule is COC(=O)CCC(C(C)=O)(c1ccc(Cl)cc1Cl)S(C)(=O)=O. The number of hydrogen-bond acceptors (Lipinski definition) is 5. The lowest BCUT2D eigenvalue weighted by Gasteiger charge is -2.30. The fourth-order valence-electron chi connectivity index (χ4n) is 2.34. The van der Waals surface area contributed by atoms with Crippen molar-refractivity contribution < 1.29 is 22.7 Å². The summed E-state index contributed by atoms with van der Waals surface area (Å²) in [6.45, 7) is 1.16. The molecule has 0 aliphatic carbocycles. The third-order valence-corrected chi connectivity index (χ3v) is 6.00. The summed E-state index contributed by atoms with van der Waals surface area (Å²) in [5.41, 5.74) is 0.109. The van der Waals surface area contributed by atoms with Crippen molar-refractivity contribution in [3.63, 3.8) is 0 Å². The first kappa shape index (κ1) is 18.9. The summed E-state index contributed by atoms with van der Waals surface area (Å²) in [6, 6.07) is 4.20. The van der Waals surface area contributed by atoms with E-state index in [0.29, 0.717) is 5.02 Å². The van der Waals surface area contributed by atoms with E-state index < -0.39 is 26.3 Å². The van der Waals surface area contributed by atoms with Crippen molar-refractivity contribution in [2.24, 2.45) is 0 Å². The molecule has 0 fully saturated rings. The number of sulfone groups is 1. The molecule has 122 valence electrons. The number of ether oxygens (including phenoxy) is 1. The Morgan fingerprint density at radius 1 is 1.27 bits per heavy atom. The molecule has 0 radical (unpaired) electrons. The molecular formula is C14H16Cl2O5S. The Bertz CT molecular complexity index is 699. The van der Waals surface area contributed by atoms with Gasteiger partial charge in [0, 0.05) is 22.7 Å². The van der Waals surface area contributed by atoms with Gasteiger partial charge in [0.05, 0.1) is 7.11 Å². The third-order valence-electron chi connectivity index (χ3n) is 3.48. The summed E-state index contributed by atoms with van der Waals surface area (Å²) in [6.07, 6.45) is 0.452. The zero-order chi connectivity index (χ0) is 17.1. The molecule has 0 bridgehead atoms. The van der Waals surface area contributed by atoms with Crippen molar-refractivity contribution in [2.75, 3.05) is 13.4 Å². The molecule has 0 aliphatic rings. The number of Topliss-reactive ketones (excluding diaryl/α,β-unsaturated/α-hetero) is 1. The van der Waals surface area contributed by atoms with Gasteiger partial charge >= 0.3 is 5.97 Å². The molecule has 0 saturated carbocycles. The molecule has 1 atom stereocenters. The summed E-state index contributed by atoms with van der Waals surface area (Å²) in [4.78, 5) is 23.6. The molecule has 0 heterocycles. The average molecular weight is 367 g/mol. The van der Waals surface area contributed by atoms with Gasteiger partial charge in [0.2, 0.25) is 0 Å². The Morgan fingerprint density at radius 2 is 1.86 bits per heavy atom. The van der Waals surface area contributed by atoms with Crippen LogP contribution in [0.3, 0.4) is 0 Å². The zero-order valence-electron chi connectivity index (χ0n) is 12.4. The van der Waals surface area contributed by atoms with Crippen LogP contribution < -0.4 is 0 Å². The summed E-state index contributed by atoms with van der Waals surface area (Å²) in [5.74, 6) is -1.23. The van der Waals surface area contributed by atoms with E-state index in [9.17, 15) is 18.0 Å². The number of ketones is 1. The first-order valence-electron chi connectivity index (χ1n) is 6.29. The average Bonchev–Trinajstić information content (AvgIpc) is 2.38. The highest BCUT2D eigenvalue weighted by atomic mass is 35.5. The topological polar surface area (TPSA) is 77.5 Å². The Kier molecular flexibility index (Phi) is 6.01. The predicted molar refractivity (Wildman–Crippen MR) is 84.9 cm³/mol. The number of hydrogen-bond donors (Lipinski definition) is 0. The van der Waals surface area contributed by atoms with Crippen molar-refractivity contribution in [3.8, 4) is 0 Å². The number of esters is 1. The highest BCUT2D eigenvalue weighted by Gasteiger charge is 2.48. The van der Waals surface area contributed by atoms with Crippen LogP contribution in [-0.2, 0) is 28.9 Å². The summed E-state index contributed by atoms with van der Waals surface area (Å²) in [5, 5.41) is 0.366. The highest BCUT2D eigenvalue weighted by Crippen LogP contribution is 2.40. The number of methoxy groups -OCH3 is 1. The molecule has 1 unspecified atom stereocenters. The molecule has 0 spiro atoms. The van der Waals surface area contributed by atoms with Crippen LogP contribution in [0.5, 0.6) is 0 Å². The number of rotatable bonds is 6. The van der Waals surface area contributed by atoms with E-state index in [4.69, 9.17) is 23.2 Å². The molecule has 0 saturated heterocycles. The van der Waals surface area contributed by atoms with Gasteiger partial charge in [-0.25, -0.2) is 8.42 Å². The van der Waals surface area contributed by atoms with Crippen LogP contribution in [0.1, 0.15) is 25.3 Å². The molecule has 1 aromatic rings. The molecule has 8 heteroatoms. The van der Waals surface area contributed by atoms with Gasteiger partial charge in [-0.1, -0.05) is 29.3 Å². The van der Waals surface area contributed by atoms with Crippen LogP contribution in [0.15, 0.2) is 18.2 Å². The Morgan fingerprint density at radius 3 is 2.27 bits per heavy atom. The smallest absolute Gasteiger partial charge is 0.305 e. The fourth-order valence-corrected chi connectivity index (χ4v) is 4.54. The minimum Gasteiger partial charge on any atom is -0.469 e. The number of halogens is 2. The molecular weight excluding hydrogens is 351 g/mol. The van der Waals surface area contributed by atoms with E-state index in [-0.39, 0.29) is 23.4 Å².